The molecule has 2 amide bonds. The highest BCUT2D eigenvalue weighted by Crippen LogP contribution is 2.14. The van der Waals surface area contributed by atoms with Gasteiger partial charge in [-0.05, 0) is 26.2 Å². The van der Waals surface area contributed by atoms with E-state index in [2.05, 4.69) is 25.4 Å². The van der Waals surface area contributed by atoms with Crippen molar-refractivity contribution < 1.29 is 9.90 Å². The van der Waals surface area contributed by atoms with E-state index < -0.39 is 5.54 Å². The standard InChI is InChI=1S/C16H29N5O2/c1-3-9-16(2,12-22)18-15(23)17-10-8-14-20-19-13-7-5-4-6-11-21(13)14/h22H,3-12H2,1-2H3,(H2,17,18,23). The lowest BCUT2D eigenvalue weighted by atomic mass is 9.98. The number of aromatic nitrogens is 3. The first-order valence-electron chi connectivity index (χ1n) is 8.66. The summed E-state index contributed by atoms with van der Waals surface area (Å²) in [4.78, 5) is 12.0. The van der Waals surface area contributed by atoms with Gasteiger partial charge in [-0.15, -0.1) is 10.2 Å². The lowest BCUT2D eigenvalue weighted by molar-refractivity contribution is 0.163. The van der Waals surface area contributed by atoms with Gasteiger partial charge in [0.05, 0.1) is 12.1 Å². The van der Waals surface area contributed by atoms with Crippen LogP contribution in [0.25, 0.3) is 0 Å². The summed E-state index contributed by atoms with van der Waals surface area (Å²) in [6, 6.07) is -0.245. The minimum atomic E-state index is -0.565. The van der Waals surface area contributed by atoms with Gasteiger partial charge in [0, 0.05) is 25.9 Å². The Labute approximate surface area is 137 Å². The Morgan fingerprint density at radius 1 is 1.35 bits per heavy atom. The number of aliphatic hydroxyl groups is 1. The number of aryl methyl sites for hydroxylation is 1. The fourth-order valence-corrected chi connectivity index (χ4v) is 3.07. The number of hydrogen-bond donors (Lipinski definition) is 3. The number of nitrogens with zero attached hydrogens (tertiary/aromatic N) is 3. The maximum atomic E-state index is 12.0. The predicted molar refractivity (Wildman–Crippen MR) is 88.2 cm³/mol. The molecular formula is C16H29N5O2. The zero-order chi connectivity index (χ0) is 16.7. The third-order valence-electron chi connectivity index (χ3n) is 4.39. The first kappa shape index (κ1) is 17.7. The predicted octanol–water partition coefficient (Wildman–Crippen LogP) is 1.40. The smallest absolute Gasteiger partial charge is 0.315 e. The summed E-state index contributed by atoms with van der Waals surface area (Å²) >= 11 is 0. The molecular weight excluding hydrogens is 294 g/mol. The van der Waals surface area contributed by atoms with Crippen LogP contribution < -0.4 is 10.6 Å². The van der Waals surface area contributed by atoms with E-state index in [9.17, 15) is 9.90 Å². The number of amides is 2. The molecule has 130 valence electrons. The zero-order valence-electron chi connectivity index (χ0n) is 14.3. The number of hydrogen-bond acceptors (Lipinski definition) is 4. The van der Waals surface area contributed by atoms with Crippen molar-refractivity contribution in [3.8, 4) is 0 Å². The van der Waals surface area contributed by atoms with Gasteiger partial charge in [0.2, 0.25) is 0 Å². The second kappa shape index (κ2) is 8.29. The molecule has 0 spiro atoms. The van der Waals surface area contributed by atoms with Crippen molar-refractivity contribution in [2.24, 2.45) is 0 Å². The highest BCUT2D eigenvalue weighted by Gasteiger charge is 2.24. The van der Waals surface area contributed by atoms with Crippen molar-refractivity contribution in [1.82, 2.24) is 25.4 Å². The molecule has 1 unspecified atom stereocenters. The van der Waals surface area contributed by atoms with Gasteiger partial charge in [0.25, 0.3) is 0 Å². The summed E-state index contributed by atoms with van der Waals surface area (Å²) in [7, 11) is 0. The lowest BCUT2D eigenvalue weighted by Crippen LogP contribution is -2.52. The minimum absolute atomic E-state index is 0.0635. The maximum absolute atomic E-state index is 12.0. The summed E-state index contributed by atoms with van der Waals surface area (Å²) in [6.45, 7) is 5.31. The molecule has 1 aliphatic heterocycles. The third-order valence-corrected chi connectivity index (χ3v) is 4.39. The van der Waals surface area contributed by atoms with Crippen molar-refractivity contribution >= 4 is 6.03 Å². The van der Waals surface area contributed by atoms with Crippen molar-refractivity contribution in [1.29, 1.82) is 0 Å². The molecule has 7 nitrogen and oxygen atoms in total. The largest absolute Gasteiger partial charge is 0.394 e. The number of carbonyl (C=O) groups is 1. The van der Waals surface area contributed by atoms with E-state index in [0.717, 1.165) is 43.9 Å². The molecule has 0 aromatic carbocycles. The van der Waals surface area contributed by atoms with E-state index in [1.165, 1.54) is 12.8 Å². The SMILES string of the molecule is CCCC(C)(CO)NC(=O)NCCc1nnc2n1CCCCC2. The Bertz CT molecular complexity index is 517. The molecule has 23 heavy (non-hydrogen) atoms. The van der Waals surface area contributed by atoms with Crippen LogP contribution in [0.3, 0.4) is 0 Å². The number of fused-ring (bicyclic) bond motifs is 1. The van der Waals surface area contributed by atoms with Crippen LogP contribution in [0.4, 0.5) is 4.79 Å². The highest BCUT2D eigenvalue weighted by molar-refractivity contribution is 5.74. The molecule has 0 radical (unpaired) electrons. The molecule has 1 aromatic heterocycles. The molecule has 0 fully saturated rings. The molecule has 2 heterocycles. The van der Waals surface area contributed by atoms with Crippen LogP contribution in [0.5, 0.6) is 0 Å². The summed E-state index contributed by atoms with van der Waals surface area (Å²) in [5, 5.41) is 23.7. The molecule has 1 aromatic rings. The molecule has 2 rings (SSSR count). The van der Waals surface area contributed by atoms with Crippen LogP contribution in [-0.4, -0.2) is 44.6 Å². The number of urea groups is 1. The van der Waals surface area contributed by atoms with Crippen molar-refractivity contribution in [3.05, 3.63) is 11.6 Å². The Kier molecular flexibility index (Phi) is 6.38. The third kappa shape index (κ3) is 4.92. The van der Waals surface area contributed by atoms with Crippen LogP contribution in [0.2, 0.25) is 0 Å². The van der Waals surface area contributed by atoms with Crippen LogP contribution in [-0.2, 0) is 19.4 Å². The Balaban J connectivity index is 1.81. The summed E-state index contributed by atoms with van der Waals surface area (Å²) < 4.78 is 2.20. The first-order chi connectivity index (χ1) is 11.1. The van der Waals surface area contributed by atoms with Gasteiger partial charge in [0.1, 0.15) is 11.6 Å². The fraction of sp³-hybridized carbons (Fsp3) is 0.812. The van der Waals surface area contributed by atoms with Crippen LogP contribution in [0.1, 0.15) is 57.6 Å². The summed E-state index contributed by atoms with van der Waals surface area (Å²) in [5.41, 5.74) is -0.565. The average molecular weight is 323 g/mol. The molecule has 1 aliphatic rings. The Hall–Kier alpha value is -1.63. The van der Waals surface area contributed by atoms with Gasteiger partial charge in [0.15, 0.2) is 0 Å². The minimum Gasteiger partial charge on any atom is -0.394 e. The topological polar surface area (TPSA) is 92.1 Å². The van der Waals surface area contributed by atoms with Gasteiger partial charge in [-0.25, -0.2) is 4.79 Å². The van der Waals surface area contributed by atoms with Gasteiger partial charge in [-0.1, -0.05) is 19.8 Å². The van der Waals surface area contributed by atoms with Crippen LogP contribution in [0.15, 0.2) is 0 Å². The second-order valence-electron chi connectivity index (χ2n) is 6.59. The highest BCUT2D eigenvalue weighted by atomic mass is 16.3. The monoisotopic (exact) mass is 323 g/mol. The van der Waals surface area contributed by atoms with Crippen LogP contribution >= 0.6 is 0 Å². The second-order valence-corrected chi connectivity index (χ2v) is 6.59. The molecule has 3 N–H and O–H groups in total. The molecule has 0 saturated carbocycles. The van der Waals surface area contributed by atoms with E-state index in [4.69, 9.17) is 0 Å². The van der Waals surface area contributed by atoms with E-state index in [-0.39, 0.29) is 12.6 Å². The number of nitrogens with one attached hydrogen (secondary N) is 2. The van der Waals surface area contributed by atoms with Gasteiger partial charge in [-0.2, -0.15) is 0 Å². The lowest BCUT2D eigenvalue weighted by Gasteiger charge is -2.28. The zero-order valence-corrected chi connectivity index (χ0v) is 14.3. The molecule has 1 atom stereocenters. The molecule has 7 heteroatoms. The van der Waals surface area contributed by atoms with E-state index in [1.54, 1.807) is 0 Å². The quantitative estimate of drug-likeness (QED) is 0.707. The van der Waals surface area contributed by atoms with E-state index >= 15 is 0 Å². The van der Waals surface area contributed by atoms with Crippen LogP contribution in [0, 0.1) is 0 Å². The summed E-state index contributed by atoms with van der Waals surface area (Å²) in [5.74, 6) is 2.01. The number of carbonyl (C=O) groups excluding carboxylic acids is 1. The number of aliphatic hydroxyl groups excluding tert-OH is 1. The maximum Gasteiger partial charge on any atom is 0.315 e. The van der Waals surface area contributed by atoms with E-state index in [0.29, 0.717) is 13.0 Å². The van der Waals surface area contributed by atoms with Gasteiger partial charge >= 0.3 is 6.03 Å². The van der Waals surface area contributed by atoms with Crippen molar-refractivity contribution in [2.75, 3.05) is 13.2 Å². The Morgan fingerprint density at radius 3 is 2.91 bits per heavy atom. The number of rotatable bonds is 7. The van der Waals surface area contributed by atoms with Gasteiger partial charge < -0.3 is 20.3 Å². The first-order valence-corrected chi connectivity index (χ1v) is 8.66. The summed E-state index contributed by atoms with van der Waals surface area (Å²) in [6.07, 6.45) is 6.89. The molecule has 0 bridgehead atoms. The van der Waals surface area contributed by atoms with Gasteiger partial charge in [-0.3, -0.25) is 0 Å². The normalized spacial score (nSPS) is 17.0. The average Bonchev–Trinajstić information content (AvgIpc) is 2.75. The molecule has 0 saturated heterocycles. The fourth-order valence-electron chi connectivity index (χ4n) is 3.07. The Morgan fingerprint density at radius 2 is 2.17 bits per heavy atom. The van der Waals surface area contributed by atoms with Crippen molar-refractivity contribution in [3.63, 3.8) is 0 Å². The molecule has 0 aliphatic carbocycles. The van der Waals surface area contributed by atoms with E-state index in [1.807, 2.05) is 13.8 Å². The van der Waals surface area contributed by atoms with Crippen molar-refractivity contribution in [2.45, 2.75) is 70.9 Å².